The predicted octanol–water partition coefficient (Wildman–Crippen LogP) is 4.86. The molecule has 1 aromatic heterocycles. The summed E-state index contributed by atoms with van der Waals surface area (Å²) in [5.41, 5.74) is 2.48. The Labute approximate surface area is 230 Å². The number of thioether (sulfide) groups is 1. The van der Waals surface area contributed by atoms with Crippen LogP contribution in [-0.2, 0) is 11.3 Å². The van der Waals surface area contributed by atoms with E-state index in [2.05, 4.69) is 10.6 Å². The van der Waals surface area contributed by atoms with Crippen molar-refractivity contribution in [3.8, 4) is 5.75 Å². The van der Waals surface area contributed by atoms with E-state index in [-0.39, 0.29) is 30.0 Å². The number of methoxy groups -OCH3 is 1. The smallest absolute Gasteiger partial charge is 0.262 e. The molecule has 5 rings (SSSR count). The average Bonchev–Trinajstić information content (AvgIpc) is 3.78. The standard InChI is InChI=1S/C30H30N4O4S/c1-3-26(28(36)32-22-7-6-8-23(17-22)38-2)39-30-33-25-10-5-4-9-24(25)29(37)34(30)18-19-11-13-20(14-12-19)27(35)31-21-15-16-21/h4-14,17,21,26H,3,15-16,18H2,1-2H3,(H,31,35)(H,32,36)/t26-/m1/s1. The number of rotatable bonds is 10. The normalized spacial score (nSPS) is 13.6. The molecule has 39 heavy (non-hydrogen) atoms. The van der Waals surface area contributed by atoms with E-state index >= 15 is 0 Å². The summed E-state index contributed by atoms with van der Waals surface area (Å²) in [6.07, 6.45) is 2.59. The molecule has 9 heteroatoms. The van der Waals surface area contributed by atoms with Crippen molar-refractivity contribution in [3.63, 3.8) is 0 Å². The summed E-state index contributed by atoms with van der Waals surface area (Å²) < 4.78 is 6.86. The Morgan fingerprint density at radius 2 is 1.85 bits per heavy atom. The van der Waals surface area contributed by atoms with E-state index in [9.17, 15) is 14.4 Å². The van der Waals surface area contributed by atoms with E-state index in [1.807, 2.05) is 43.3 Å². The summed E-state index contributed by atoms with van der Waals surface area (Å²) in [5.74, 6) is 0.378. The zero-order valence-corrected chi connectivity index (χ0v) is 22.7. The molecule has 1 aliphatic rings. The van der Waals surface area contributed by atoms with Gasteiger partial charge in [-0.2, -0.15) is 0 Å². The number of amides is 2. The van der Waals surface area contributed by atoms with Crippen LogP contribution in [0.5, 0.6) is 5.75 Å². The quantitative estimate of drug-likeness (QED) is 0.219. The second-order valence-corrected chi connectivity index (χ2v) is 10.7. The molecule has 200 valence electrons. The van der Waals surface area contributed by atoms with Crippen molar-refractivity contribution in [2.75, 3.05) is 12.4 Å². The number of anilines is 1. The average molecular weight is 543 g/mol. The minimum atomic E-state index is -0.482. The number of aromatic nitrogens is 2. The van der Waals surface area contributed by atoms with Crippen LogP contribution in [0.15, 0.2) is 82.7 Å². The number of hydrogen-bond donors (Lipinski definition) is 2. The van der Waals surface area contributed by atoms with Gasteiger partial charge in [-0.05, 0) is 61.2 Å². The highest BCUT2D eigenvalue weighted by Crippen LogP contribution is 2.27. The molecule has 1 atom stereocenters. The van der Waals surface area contributed by atoms with Gasteiger partial charge in [0.05, 0.1) is 29.8 Å². The fraction of sp³-hybridized carbons (Fsp3) is 0.267. The number of para-hydroxylation sites is 1. The van der Waals surface area contributed by atoms with Crippen molar-refractivity contribution in [2.24, 2.45) is 0 Å². The Kier molecular flexibility index (Phi) is 7.97. The van der Waals surface area contributed by atoms with E-state index in [0.29, 0.717) is 39.5 Å². The maximum absolute atomic E-state index is 13.6. The Morgan fingerprint density at radius 3 is 2.56 bits per heavy atom. The van der Waals surface area contributed by atoms with Crippen molar-refractivity contribution in [1.82, 2.24) is 14.9 Å². The van der Waals surface area contributed by atoms with Gasteiger partial charge in [-0.25, -0.2) is 4.98 Å². The highest BCUT2D eigenvalue weighted by Gasteiger charge is 2.24. The summed E-state index contributed by atoms with van der Waals surface area (Å²) in [7, 11) is 1.58. The first-order valence-electron chi connectivity index (χ1n) is 13.0. The molecule has 2 N–H and O–H groups in total. The van der Waals surface area contributed by atoms with Gasteiger partial charge in [0.1, 0.15) is 5.75 Å². The van der Waals surface area contributed by atoms with E-state index in [4.69, 9.17) is 9.72 Å². The third-order valence-corrected chi connectivity index (χ3v) is 7.90. The summed E-state index contributed by atoms with van der Waals surface area (Å²) in [6, 6.07) is 21.9. The number of hydrogen-bond acceptors (Lipinski definition) is 6. The van der Waals surface area contributed by atoms with Gasteiger partial charge in [-0.15, -0.1) is 0 Å². The Bertz CT molecular complexity index is 1560. The van der Waals surface area contributed by atoms with E-state index in [0.717, 1.165) is 18.4 Å². The Morgan fingerprint density at radius 1 is 1.08 bits per heavy atom. The molecule has 0 unspecified atom stereocenters. The molecule has 1 aliphatic carbocycles. The molecule has 2 amide bonds. The molecule has 1 heterocycles. The summed E-state index contributed by atoms with van der Waals surface area (Å²) in [6.45, 7) is 2.19. The summed E-state index contributed by atoms with van der Waals surface area (Å²) in [5, 5.41) is 6.43. The molecular formula is C30H30N4O4S. The van der Waals surface area contributed by atoms with Gasteiger partial charge in [0.25, 0.3) is 11.5 Å². The monoisotopic (exact) mass is 542 g/mol. The molecule has 8 nitrogen and oxygen atoms in total. The highest BCUT2D eigenvalue weighted by molar-refractivity contribution is 8.00. The van der Waals surface area contributed by atoms with Gasteiger partial charge in [0.2, 0.25) is 5.91 Å². The van der Waals surface area contributed by atoms with Gasteiger partial charge in [-0.3, -0.25) is 19.0 Å². The minimum absolute atomic E-state index is 0.0855. The van der Waals surface area contributed by atoms with Crippen LogP contribution in [0.1, 0.15) is 42.1 Å². The Hall–Kier alpha value is -4.11. The van der Waals surface area contributed by atoms with Crippen LogP contribution in [0.3, 0.4) is 0 Å². The third kappa shape index (κ3) is 6.31. The van der Waals surface area contributed by atoms with Crippen molar-refractivity contribution < 1.29 is 14.3 Å². The van der Waals surface area contributed by atoms with Gasteiger partial charge < -0.3 is 15.4 Å². The first-order valence-corrected chi connectivity index (χ1v) is 13.8. The van der Waals surface area contributed by atoms with Crippen LogP contribution in [0, 0.1) is 0 Å². The number of nitrogens with zero attached hydrogens (tertiary/aromatic N) is 2. The zero-order valence-electron chi connectivity index (χ0n) is 21.8. The number of carbonyl (C=O) groups is 2. The lowest BCUT2D eigenvalue weighted by molar-refractivity contribution is -0.115. The van der Waals surface area contributed by atoms with Gasteiger partial charge >= 0.3 is 0 Å². The predicted molar refractivity (Wildman–Crippen MR) is 154 cm³/mol. The number of ether oxygens (including phenoxy) is 1. The fourth-order valence-electron chi connectivity index (χ4n) is 4.19. The maximum Gasteiger partial charge on any atom is 0.262 e. The molecule has 1 fully saturated rings. The van der Waals surface area contributed by atoms with Crippen LogP contribution in [0.4, 0.5) is 5.69 Å². The second kappa shape index (κ2) is 11.7. The summed E-state index contributed by atoms with van der Waals surface area (Å²) in [4.78, 5) is 44.0. The highest BCUT2D eigenvalue weighted by atomic mass is 32.2. The van der Waals surface area contributed by atoms with Crippen LogP contribution < -0.4 is 20.9 Å². The molecule has 0 radical (unpaired) electrons. The second-order valence-electron chi connectivity index (χ2n) is 9.48. The first-order chi connectivity index (χ1) is 18.9. The van der Waals surface area contributed by atoms with E-state index in [1.54, 1.807) is 48.1 Å². The molecule has 1 saturated carbocycles. The van der Waals surface area contributed by atoms with Gasteiger partial charge in [0, 0.05) is 23.4 Å². The summed E-state index contributed by atoms with van der Waals surface area (Å²) >= 11 is 1.27. The first kappa shape index (κ1) is 26.5. The van der Waals surface area contributed by atoms with Gasteiger partial charge in [-0.1, -0.05) is 49.0 Å². The lowest BCUT2D eigenvalue weighted by atomic mass is 10.1. The van der Waals surface area contributed by atoms with Crippen molar-refractivity contribution in [3.05, 3.63) is 94.3 Å². The van der Waals surface area contributed by atoms with Crippen LogP contribution in [0.25, 0.3) is 10.9 Å². The largest absolute Gasteiger partial charge is 0.497 e. The van der Waals surface area contributed by atoms with E-state index in [1.165, 1.54) is 11.8 Å². The molecule has 3 aromatic carbocycles. The van der Waals surface area contributed by atoms with Crippen LogP contribution in [0.2, 0.25) is 0 Å². The Balaban J connectivity index is 1.42. The SMILES string of the molecule is CC[C@@H](Sc1nc2ccccc2c(=O)n1Cc1ccc(C(=O)NC2CC2)cc1)C(=O)Nc1cccc(OC)c1. The van der Waals surface area contributed by atoms with Crippen molar-refractivity contribution in [1.29, 1.82) is 0 Å². The molecular weight excluding hydrogens is 512 g/mol. The molecule has 0 saturated heterocycles. The van der Waals surface area contributed by atoms with E-state index < -0.39 is 5.25 Å². The fourth-order valence-corrected chi connectivity index (χ4v) is 5.20. The number of nitrogens with one attached hydrogen (secondary N) is 2. The lowest BCUT2D eigenvalue weighted by Gasteiger charge is -2.18. The van der Waals surface area contributed by atoms with Crippen LogP contribution in [-0.4, -0.2) is 39.8 Å². The molecule has 0 bridgehead atoms. The number of fused-ring (bicyclic) bond motifs is 1. The third-order valence-electron chi connectivity index (χ3n) is 6.54. The topological polar surface area (TPSA) is 102 Å². The van der Waals surface area contributed by atoms with Crippen LogP contribution >= 0.6 is 11.8 Å². The maximum atomic E-state index is 13.6. The lowest BCUT2D eigenvalue weighted by Crippen LogP contribution is -2.28. The zero-order chi connectivity index (χ0) is 27.4. The number of carbonyl (C=O) groups excluding carboxylic acids is 2. The number of benzene rings is 3. The van der Waals surface area contributed by atoms with Gasteiger partial charge in [0.15, 0.2) is 5.16 Å². The van der Waals surface area contributed by atoms with Crippen molar-refractivity contribution >= 4 is 40.2 Å². The van der Waals surface area contributed by atoms with Crippen molar-refractivity contribution in [2.45, 2.75) is 49.2 Å². The minimum Gasteiger partial charge on any atom is -0.497 e. The molecule has 0 aliphatic heterocycles. The molecule has 4 aromatic rings. The molecule has 0 spiro atoms.